The number of anilines is 1. The van der Waals surface area contributed by atoms with E-state index in [0.29, 0.717) is 22.5 Å². The largest absolute Gasteiger partial charge is 0.478 e. The Kier molecular flexibility index (Phi) is 4.80. The molecule has 0 fully saturated rings. The molecule has 0 aliphatic heterocycles. The lowest BCUT2D eigenvalue weighted by Gasteiger charge is -2.08. The van der Waals surface area contributed by atoms with Crippen LogP contribution >= 0.6 is 0 Å². The van der Waals surface area contributed by atoms with Gasteiger partial charge in [-0.1, -0.05) is 42.5 Å². The van der Waals surface area contributed by atoms with E-state index in [1.54, 1.807) is 24.3 Å². The Morgan fingerprint density at radius 3 is 1.97 bits per heavy atom. The van der Waals surface area contributed by atoms with Crippen LogP contribution in [0.4, 0.5) is 5.69 Å². The van der Waals surface area contributed by atoms with E-state index in [0.717, 1.165) is 28.2 Å². The average Bonchev–Trinajstić information content (AvgIpc) is 3.25. The molecule has 5 aromatic rings. The van der Waals surface area contributed by atoms with Gasteiger partial charge >= 0.3 is 5.97 Å². The number of H-pyrrole nitrogens is 1. The number of nitrogens with two attached hydrogens (primary N) is 1. The Morgan fingerprint density at radius 1 is 0.781 bits per heavy atom. The molecule has 0 aliphatic rings. The van der Waals surface area contributed by atoms with Crippen LogP contribution < -0.4 is 10.5 Å². The fourth-order valence-corrected chi connectivity index (χ4v) is 3.55. The van der Waals surface area contributed by atoms with E-state index in [9.17, 15) is 9.90 Å². The van der Waals surface area contributed by atoms with Crippen molar-refractivity contribution < 1.29 is 14.6 Å². The normalized spacial score (nSPS) is 10.9. The first-order chi connectivity index (χ1) is 15.6. The molecule has 6 heteroatoms. The zero-order valence-corrected chi connectivity index (χ0v) is 16.9. The van der Waals surface area contributed by atoms with Crippen molar-refractivity contribution in [2.24, 2.45) is 0 Å². The van der Waals surface area contributed by atoms with Gasteiger partial charge in [-0.05, 0) is 59.7 Å². The van der Waals surface area contributed by atoms with E-state index in [1.807, 2.05) is 66.7 Å². The number of carboxylic acids is 1. The maximum atomic E-state index is 11.4. The monoisotopic (exact) mass is 421 g/mol. The Balaban J connectivity index is 1.36. The number of aromatic carboxylic acids is 1. The predicted octanol–water partition coefficient (Wildman–Crippen LogP) is 5.97. The summed E-state index contributed by atoms with van der Waals surface area (Å²) < 4.78 is 5.85. The molecule has 156 valence electrons. The van der Waals surface area contributed by atoms with Crippen LogP contribution in [0.1, 0.15) is 10.4 Å². The zero-order chi connectivity index (χ0) is 22.1. The van der Waals surface area contributed by atoms with E-state index >= 15 is 0 Å². The highest BCUT2D eigenvalue weighted by Crippen LogP contribution is 2.29. The van der Waals surface area contributed by atoms with Gasteiger partial charge < -0.3 is 20.6 Å². The van der Waals surface area contributed by atoms with Crippen molar-refractivity contribution in [1.29, 1.82) is 0 Å². The lowest BCUT2D eigenvalue weighted by Crippen LogP contribution is -1.96. The molecule has 4 aromatic carbocycles. The van der Waals surface area contributed by atoms with E-state index < -0.39 is 5.97 Å². The van der Waals surface area contributed by atoms with E-state index in [1.165, 1.54) is 0 Å². The van der Waals surface area contributed by atoms with Crippen molar-refractivity contribution in [2.75, 3.05) is 5.73 Å². The number of hydrogen-bond donors (Lipinski definition) is 3. The summed E-state index contributed by atoms with van der Waals surface area (Å²) in [6.07, 6.45) is 0. The van der Waals surface area contributed by atoms with Gasteiger partial charge in [-0.2, -0.15) is 0 Å². The number of fused-ring (bicyclic) bond motifs is 1. The van der Waals surface area contributed by atoms with Crippen LogP contribution in [-0.4, -0.2) is 21.0 Å². The van der Waals surface area contributed by atoms with Gasteiger partial charge in [-0.3, -0.25) is 0 Å². The van der Waals surface area contributed by atoms with Crippen molar-refractivity contribution in [3.63, 3.8) is 0 Å². The molecule has 0 radical (unpaired) electrons. The van der Waals surface area contributed by atoms with Crippen molar-refractivity contribution in [2.45, 2.75) is 0 Å². The number of nitrogens with one attached hydrogen (secondary N) is 1. The summed E-state index contributed by atoms with van der Waals surface area (Å²) >= 11 is 0. The van der Waals surface area contributed by atoms with Crippen molar-refractivity contribution in [3.8, 4) is 34.0 Å². The third kappa shape index (κ3) is 3.77. The van der Waals surface area contributed by atoms with Crippen LogP contribution in [0.2, 0.25) is 0 Å². The molecule has 0 saturated heterocycles. The molecule has 0 aliphatic carbocycles. The first-order valence-corrected chi connectivity index (χ1v) is 10.0. The van der Waals surface area contributed by atoms with Crippen molar-refractivity contribution in [1.82, 2.24) is 9.97 Å². The topological polar surface area (TPSA) is 101 Å². The quantitative estimate of drug-likeness (QED) is 0.304. The van der Waals surface area contributed by atoms with Crippen molar-refractivity contribution >= 4 is 22.7 Å². The fourth-order valence-electron chi connectivity index (χ4n) is 3.55. The van der Waals surface area contributed by atoms with Gasteiger partial charge in [-0.25, -0.2) is 9.78 Å². The molecule has 32 heavy (non-hydrogen) atoms. The van der Waals surface area contributed by atoms with Crippen molar-refractivity contribution in [3.05, 3.63) is 96.6 Å². The number of imidazole rings is 1. The molecule has 4 N–H and O–H groups in total. The van der Waals surface area contributed by atoms with Crippen LogP contribution in [0.25, 0.3) is 33.5 Å². The third-order valence-electron chi connectivity index (χ3n) is 5.20. The Morgan fingerprint density at radius 2 is 1.34 bits per heavy atom. The van der Waals surface area contributed by atoms with Crippen LogP contribution in [0.3, 0.4) is 0 Å². The molecule has 1 heterocycles. The van der Waals surface area contributed by atoms with Gasteiger partial charge in [0.05, 0.1) is 11.1 Å². The number of ether oxygens (including phenoxy) is 1. The summed E-state index contributed by atoms with van der Waals surface area (Å²) in [6.45, 7) is 0. The summed E-state index contributed by atoms with van der Waals surface area (Å²) in [6, 6.07) is 28.1. The van der Waals surface area contributed by atoms with E-state index in [4.69, 9.17) is 10.5 Å². The van der Waals surface area contributed by atoms with E-state index in [-0.39, 0.29) is 5.56 Å². The van der Waals surface area contributed by atoms with Gasteiger partial charge in [0.2, 0.25) is 0 Å². The lowest BCUT2D eigenvalue weighted by atomic mass is 10.0. The number of benzene rings is 4. The molecular weight excluding hydrogens is 402 g/mol. The highest BCUT2D eigenvalue weighted by Gasteiger charge is 2.13. The molecule has 6 nitrogen and oxygen atoms in total. The fraction of sp³-hybridized carbons (Fsp3) is 0. The van der Waals surface area contributed by atoms with Gasteiger partial charge in [0.15, 0.2) is 0 Å². The number of para-hydroxylation sites is 1. The molecule has 0 spiro atoms. The Hall–Kier alpha value is -4.58. The SMILES string of the molecule is Nc1ccc(Oc2ccc(-c3ccc(-c4nc5c(C(=O)O)cccc5[nH]4)cc3)cc2)cc1. The van der Waals surface area contributed by atoms with E-state index in [2.05, 4.69) is 9.97 Å². The molecular formula is C26H19N3O3. The second kappa shape index (κ2) is 7.92. The highest BCUT2D eigenvalue weighted by molar-refractivity contribution is 6.01. The number of carbonyl (C=O) groups is 1. The first kappa shape index (κ1) is 19.4. The second-order valence-electron chi connectivity index (χ2n) is 7.37. The highest BCUT2D eigenvalue weighted by atomic mass is 16.5. The maximum absolute atomic E-state index is 11.4. The third-order valence-corrected chi connectivity index (χ3v) is 5.20. The summed E-state index contributed by atoms with van der Waals surface area (Å²) in [4.78, 5) is 19.1. The Labute approximate surface area is 183 Å². The average molecular weight is 421 g/mol. The van der Waals surface area contributed by atoms with Crippen LogP contribution in [0.5, 0.6) is 11.5 Å². The number of carboxylic acid groups (broad SMARTS) is 1. The molecule has 1 aromatic heterocycles. The molecule has 0 amide bonds. The maximum Gasteiger partial charge on any atom is 0.337 e. The summed E-state index contributed by atoms with van der Waals surface area (Å²) in [5.41, 5.74) is 10.7. The summed E-state index contributed by atoms with van der Waals surface area (Å²) in [5, 5.41) is 9.37. The predicted molar refractivity (Wildman–Crippen MR) is 125 cm³/mol. The molecule has 0 atom stereocenters. The number of aromatic amines is 1. The van der Waals surface area contributed by atoms with Gasteiger partial charge in [0.1, 0.15) is 22.8 Å². The minimum atomic E-state index is -0.993. The summed E-state index contributed by atoms with van der Waals surface area (Å²) in [5.74, 6) is 1.11. The van der Waals surface area contributed by atoms with Gasteiger partial charge in [0.25, 0.3) is 0 Å². The number of nitrogen functional groups attached to an aromatic ring is 1. The summed E-state index contributed by atoms with van der Waals surface area (Å²) in [7, 11) is 0. The van der Waals surface area contributed by atoms with Gasteiger partial charge in [-0.15, -0.1) is 0 Å². The zero-order valence-electron chi connectivity index (χ0n) is 16.9. The number of hydrogen-bond acceptors (Lipinski definition) is 4. The first-order valence-electron chi connectivity index (χ1n) is 10.0. The smallest absolute Gasteiger partial charge is 0.337 e. The number of rotatable bonds is 5. The molecule has 0 saturated carbocycles. The molecule has 0 unspecified atom stereocenters. The molecule has 0 bridgehead atoms. The minimum absolute atomic E-state index is 0.183. The number of nitrogens with zero attached hydrogens (tertiary/aromatic N) is 1. The second-order valence-corrected chi connectivity index (χ2v) is 7.37. The van der Waals surface area contributed by atoms with Crippen LogP contribution in [0.15, 0.2) is 91.0 Å². The van der Waals surface area contributed by atoms with Crippen LogP contribution in [0, 0.1) is 0 Å². The minimum Gasteiger partial charge on any atom is -0.478 e. The molecule has 5 rings (SSSR count). The van der Waals surface area contributed by atoms with Gasteiger partial charge in [0, 0.05) is 11.3 Å². The van der Waals surface area contributed by atoms with Crippen LogP contribution in [-0.2, 0) is 0 Å². The Bertz CT molecular complexity index is 1400. The lowest BCUT2D eigenvalue weighted by molar-refractivity contribution is 0.0699. The standard InChI is InChI=1S/C26H19N3O3/c27-19-10-14-21(15-11-19)32-20-12-8-17(9-13-20)16-4-6-18(7-5-16)25-28-23-3-1-2-22(26(30)31)24(23)29-25/h1-15H,27H2,(H,28,29)(H,30,31). The number of aromatic nitrogens is 2.